The summed E-state index contributed by atoms with van der Waals surface area (Å²) in [5.74, 6) is -0.00544. The monoisotopic (exact) mass is 531 g/mol. The van der Waals surface area contributed by atoms with E-state index in [2.05, 4.69) is 5.32 Å². The molecule has 0 aromatic heterocycles. The van der Waals surface area contributed by atoms with E-state index in [1.165, 1.54) is 11.8 Å². The Morgan fingerprint density at radius 2 is 1.76 bits per heavy atom. The fourth-order valence-corrected chi connectivity index (χ4v) is 5.05. The minimum Gasteiger partial charge on any atom is -0.486 e. The lowest BCUT2D eigenvalue weighted by molar-refractivity contribution is -0.139. The predicted molar refractivity (Wildman–Crippen MR) is 143 cm³/mol. The van der Waals surface area contributed by atoms with E-state index in [0.717, 1.165) is 28.3 Å². The van der Waals surface area contributed by atoms with Crippen molar-refractivity contribution in [1.29, 1.82) is 0 Å². The summed E-state index contributed by atoms with van der Waals surface area (Å²) in [4.78, 5) is 28.1. The maximum Gasteiger partial charge on any atom is 0.244 e. The standard InChI is InChI=1S/C27H37N3O6S/c1-5-7-14-28-27(32)21(4)29(18-22-11-9-8-10-20(22)3)26(31)19-30(37(33,34)6-2)23-12-13-24-25(17-23)36-16-15-35-24/h8-13,17,21H,5-7,14-16,18-19H2,1-4H3,(H,28,32)/t21-/m1/s1. The lowest BCUT2D eigenvalue weighted by Crippen LogP contribution is -2.51. The molecule has 0 saturated heterocycles. The van der Waals surface area contributed by atoms with Crippen LogP contribution in [0.25, 0.3) is 0 Å². The maximum absolute atomic E-state index is 13.8. The molecular formula is C27H37N3O6S. The second-order valence-electron chi connectivity index (χ2n) is 9.00. The number of hydrogen-bond acceptors (Lipinski definition) is 6. The third-order valence-corrected chi connectivity index (χ3v) is 8.13. The third-order valence-electron chi connectivity index (χ3n) is 6.39. The van der Waals surface area contributed by atoms with Gasteiger partial charge in [-0.2, -0.15) is 0 Å². The number of sulfonamides is 1. The number of benzene rings is 2. The molecule has 202 valence electrons. The Balaban J connectivity index is 1.93. The third kappa shape index (κ3) is 7.15. The Bertz CT molecular complexity index is 1200. The van der Waals surface area contributed by atoms with E-state index in [9.17, 15) is 18.0 Å². The molecular weight excluding hydrogens is 494 g/mol. The molecule has 0 spiro atoms. The maximum atomic E-state index is 13.8. The van der Waals surface area contributed by atoms with Crippen LogP contribution in [0.5, 0.6) is 11.5 Å². The van der Waals surface area contributed by atoms with E-state index in [4.69, 9.17) is 9.47 Å². The molecule has 2 aromatic carbocycles. The van der Waals surface area contributed by atoms with Crippen LogP contribution >= 0.6 is 0 Å². The van der Waals surface area contributed by atoms with Gasteiger partial charge >= 0.3 is 0 Å². The van der Waals surface area contributed by atoms with Crippen molar-refractivity contribution < 1.29 is 27.5 Å². The number of aryl methyl sites for hydroxylation is 1. The van der Waals surface area contributed by atoms with Gasteiger partial charge in [-0.15, -0.1) is 0 Å². The number of unbranched alkanes of at least 4 members (excludes halogenated alkanes) is 1. The van der Waals surface area contributed by atoms with E-state index < -0.39 is 28.5 Å². The summed E-state index contributed by atoms with van der Waals surface area (Å²) in [5, 5.41) is 2.88. The van der Waals surface area contributed by atoms with Crippen LogP contribution in [-0.2, 0) is 26.2 Å². The molecule has 1 aliphatic rings. The van der Waals surface area contributed by atoms with Crippen LogP contribution in [0.15, 0.2) is 42.5 Å². The van der Waals surface area contributed by atoms with E-state index in [1.54, 1.807) is 25.1 Å². The number of hydrogen-bond donors (Lipinski definition) is 1. The SMILES string of the molecule is CCCCNC(=O)[C@@H](C)N(Cc1ccccc1C)C(=O)CN(c1ccc2c(c1)OCCO2)S(=O)(=O)CC. The van der Waals surface area contributed by atoms with Gasteiger partial charge in [-0.25, -0.2) is 8.42 Å². The molecule has 0 radical (unpaired) electrons. The molecule has 3 rings (SSSR count). The van der Waals surface area contributed by atoms with Crippen LogP contribution in [0.3, 0.4) is 0 Å². The highest BCUT2D eigenvalue weighted by Gasteiger charge is 2.31. The van der Waals surface area contributed by atoms with Crippen LogP contribution in [0, 0.1) is 6.92 Å². The van der Waals surface area contributed by atoms with Crippen molar-refractivity contribution in [3.63, 3.8) is 0 Å². The number of nitrogens with zero attached hydrogens (tertiary/aromatic N) is 2. The van der Waals surface area contributed by atoms with Crippen molar-refractivity contribution >= 4 is 27.5 Å². The smallest absolute Gasteiger partial charge is 0.244 e. The molecule has 37 heavy (non-hydrogen) atoms. The second kappa shape index (κ2) is 12.8. The lowest BCUT2D eigenvalue weighted by Gasteiger charge is -2.32. The van der Waals surface area contributed by atoms with Gasteiger partial charge in [0.25, 0.3) is 0 Å². The first-order valence-electron chi connectivity index (χ1n) is 12.7. The molecule has 2 amide bonds. The highest BCUT2D eigenvalue weighted by Crippen LogP contribution is 2.35. The minimum atomic E-state index is -3.82. The molecule has 1 atom stereocenters. The largest absolute Gasteiger partial charge is 0.486 e. The number of carbonyl (C=O) groups excluding carboxylic acids is 2. The molecule has 1 N–H and O–H groups in total. The summed E-state index contributed by atoms with van der Waals surface area (Å²) in [6, 6.07) is 11.6. The van der Waals surface area contributed by atoms with E-state index in [0.29, 0.717) is 36.9 Å². The normalized spacial score (nSPS) is 13.5. The number of amides is 2. The number of rotatable bonds is 12. The summed E-state index contributed by atoms with van der Waals surface area (Å²) >= 11 is 0. The number of nitrogens with one attached hydrogen (secondary N) is 1. The number of anilines is 1. The first-order chi connectivity index (χ1) is 17.7. The van der Waals surface area contributed by atoms with E-state index >= 15 is 0 Å². The number of fused-ring (bicyclic) bond motifs is 1. The van der Waals surface area contributed by atoms with Gasteiger partial charge in [-0.05, 0) is 50.5 Å². The van der Waals surface area contributed by atoms with E-state index in [-0.39, 0.29) is 18.2 Å². The summed E-state index contributed by atoms with van der Waals surface area (Å²) in [5.41, 5.74) is 2.16. The Labute approximate surface area is 219 Å². The van der Waals surface area contributed by atoms with Crippen LogP contribution in [-0.4, -0.2) is 63.2 Å². The van der Waals surface area contributed by atoms with Gasteiger partial charge in [0.15, 0.2) is 11.5 Å². The zero-order valence-electron chi connectivity index (χ0n) is 22.0. The predicted octanol–water partition coefficient (Wildman–Crippen LogP) is 3.26. The molecule has 10 heteroatoms. The van der Waals surface area contributed by atoms with Crippen molar-refractivity contribution in [3.8, 4) is 11.5 Å². The lowest BCUT2D eigenvalue weighted by atomic mass is 10.1. The van der Waals surface area contributed by atoms with Gasteiger partial charge in [0.05, 0.1) is 11.4 Å². The quantitative estimate of drug-likeness (QED) is 0.422. The fraction of sp³-hybridized carbons (Fsp3) is 0.481. The molecule has 2 aromatic rings. The van der Waals surface area contributed by atoms with Gasteiger partial charge in [0.1, 0.15) is 25.8 Å². The molecule has 0 unspecified atom stereocenters. The topological polar surface area (TPSA) is 105 Å². The molecule has 1 aliphatic heterocycles. The fourth-order valence-electron chi connectivity index (χ4n) is 4.00. The van der Waals surface area contributed by atoms with Gasteiger partial charge in [-0.1, -0.05) is 37.6 Å². The van der Waals surface area contributed by atoms with Crippen molar-refractivity contribution in [2.45, 2.75) is 53.1 Å². The summed E-state index contributed by atoms with van der Waals surface area (Å²) in [6.45, 7) is 8.17. The van der Waals surface area contributed by atoms with Crippen molar-refractivity contribution in [1.82, 2.24) is 10.2 Å². The number of ether oxygens (including phenoxy) is 2. The average Bonchev–Trinajstić information content (AvgIpc) is 2.90. The zero-order chi connectivity index (χ0) is 27.0. The van der Waals surface area contributed by atoms with Gasteiger partial charge in [0, 0.05) is 19.2 Å². The molecule has 9 nitrogen and oxygen atoms in total. The van der Waals surface area contributed by atoms with Gasteiger partial charge in [0.2, 0.25) is 21.8 Å². The van der Waals surface area contributed by atoms with E-state index in [1.807, 2.05) is 38.1 Å². The summed E-state index contributed by atoms with van der Waals surface area (Å²) in [6.07, 6.45) is 1.76. The first kappa shape index (κ1) is 28.3. The van der Waals surface area contributed by atoms with Crippen molar-refractivity contribution in [3.05, 3.63) is 53.6 Å². The molecule has 0 aliphatic carbocycles. The number of carbonyl (C=O) groups is 2. The van der Waals surface area contributed by atoms with Crippen molar-refractivity contribution in [2.24, 2.45) is 0 Å². The Morgan fingerprint density at radius 1 is 1.05 bits per heavy atom. The Morgan fingerprint density at radius 3 is 2.43 bits per heavy atom. The Kier molecular flexibility index (Phi) is 9.79. The highest BCUT2D eigenvalue weighted by atomic mass is 32.2. The summed E-state index contributed by atoms with van der Waals surface area (Å²) in [7, 11) is -3.82. The molecule has 0 fully saturated rings. The molecule has 0 saturated carbocycles. The average molecular weight is 532 g/mol. The second-order valence-corrected chi connectivity index (χ2v) is 11.2. The van der Waals surface area contributed by atoms with Crippen molar-refractivity contribution in [2.75, 3.05) is 36.4 Å². The molecule has 0 bridgehead atoms. The van der Waals surface area contributed by atoms with Gasteiger partial charge in [-0.3, -0.25) is 13.9 Å². The first-order valence-corrected chi connectivity index (χ1v) is 14.3. The van der Waals surface area contributed by atoms with Crippen LogP contribution in [0.1, 0.15) is 44.7 Å². The Hall–Kier alpha value is -3.27. The van der Waals surface area contributed by atoms with Gasteiger partial charge < -0.3 is 19.7 Å². The summed E-state index contributed by atoms with van der Waals surface area (Å²) < 4.78 is 38.5. The molecule has 1 heterocycles. The van der Waals surface area contributed by atoms with Crippen LogP contribution in [0.2, 0.25) is 0 Å². The van der Waals surface area contributed by atoms with Crippen LogP contribution < -0.4 is 19.1 Å². The highest BCUT2D eigenvalue weighted by molar-refractivity contribution is 7.92. The zero-order valence-corrected chi connectivity index (χ0v) is 22.8. The minimum absolute atomic E-state index is 0.176. The van der Waals surface area contributed by atoms with Crippen LogP contribution in [0.4, 0.5) is 5.69 Å².